The fraction of sp³-hybridized carbons (Fsp3) is 1.00. The van der Waals surface area contributed by atoms with Crippen LogP contribution in [0, 0.1) is 5.92 Å². The average molecular weight is 202 g/mol. The highest BCUT2D eigenvalue weighted by molar-refractivity contribution is 7.16. The molecular formula is C12H27P. The molecule has 0 spiro atoms. The van der Waals surface area contributed by atoms with E-state index in [2.05, 4.69) is 23.1 Å². The van der Waals surface area contributed by atoms with Gasteiger partial charge in [0.1, 0.15) is 0 Å². The van der Waals surface area contributed by atoms with Gasteiger partial charge in [-0.1, -0.05) is 65.2 Å². The predicted molar refractivity (Wildman–Crippen MR) is 66.4 cm³/mol. The van der Waals surface area contributed by atoms with Gasteiger partial charge in [-0.2, -0.15) is 0 Å². The lowest BCUT2D eigenvalue weighted by atomic mass is 10.00. The topological polar surface area (TPSA) is 0 Å². The molecule has 0 aliphatic rings. The normalized spacial score (nSPS) is 13.2. The summed E-state index contributed by atoms with van der Waals surface area (Å²) in [5.41, 5.74) is 0. The second-order valence-corrected chi connectivity index (χ2v) is 4.54. The summed E-state index contributed by atoms with van der Waals surface area (Å²) in [6.07, 6.45) is 12.7. The molecule has 0 N–H and O–H groups in total. The highest BCUT2D eigenvalue weighted by Crippen LogP contribution is 2.16. The molecule has 0 radical (unpaired) electrons. The maximum atomic E-state index is 2.88. The van der Waals surface area contributed by atoms with E-state index in [4.69, 9.17) is 0 Å². The van der Waals surface area contributed by atoms with E-state index >= 15 is 0 Å². The van der Waals surface area contributed by atoms with E-state index in [0.717, 1.165) is 5.92 Å². The number of rotatable bonds is 9. The van der Waals surface area contributed by atoms with Crippen LogP contribution in [-0.4, -0.2) is 6.16 Å². The largest absolute Gasteiger partial charge is 0.137 e. The van der Waals surface area contributed by atoms with Crippen LogP contribution in [0.3, 0.4) is 0 Å². The zero-order chi connectivity index (χ0) is 9.94. The number of hydrogen-bond donors (Lipinski definition) is 0. The van der Waals surface area contributed by atoms with Crippen LogP contribution >= 0.6 is 9.24 Å². The minimum Gasteiger partial charge on any atom is -0.137 e. The molecule has 80 valence electrons. The van der Waals surface area contributed by atoms with Crippen molar-refractivity contribution < 1.29 is 0 Å². The summed E-state index contributed by atoms with van der Waals surface area (Å²) in [5.74, 6) is 0.969. The van der Waals surface area contributed by atoms with Crippen molar-refractivity contribution in [3.8, 4) is 0 Å². The summed E-state index contributed by atoms with van der Waals surface area (Å²) in [7, 11) is 2.88. The van der Waals surface area contributed by atoms with Crippen LogP contribution in [0.15, 0.2) is 0 Å². The van der Waals surface area contributed by atoms with E-state index in [1.807, 2.05) is 0 Å². The van der Waals surface area contributed by atoms with Gasteiger partial charge in [-0.25, -0.2) is 0 Å². The lowest BCUT2D eigenvalue weighted by Crippen LogP contribution is -1.99. The highest BCUT2D eigenvalue weighted by atomic mass is 31.0. The summed E-state index contributed by atoms with van der Waals surface area (Å²) < 4.78 is 0. The van der Waals surface area contributed by atoms with Crippen molar-refractivity contribution in [3.63, 3.8) is 0 Å². The number of unbranched alkanes of at least 4 members (excludes halogenated alkanes) is 5. The van der Waals surface area contributed by atoms with Crippen molar-refractivity contribution in [1.29, 1.82) is 0 Å². The molecule has 2 unspecified atom stereocenters. The third-order valence-corrected chi connectivity index (χ3v) is 3.54. The average Bonchev–Trinajstić information content (AvgIpc) is 2.17. The Bertz CT molecular complexity index is 87.1. The van der Waals surface area contributed by atoms with Crippen molar-refractivity contribution in [2.75, 3.05) is 6.16 Å². The van der Waals surface area contributed by atoms with Crippen LogP contribution in [-0.2, 0) is 0 Å². The molecule has 0 heterocycles. The first-order chi connectivity index (χ1) is 6.35. The molecule has 0 bridgehead atoms. The van der Waals surface area contributed by atoms with Crippen LogP contribution in [0.2, 0.25) is 0 Å². The molecule has 13 heavy (non-hydrogen) atoms. The van der Waals surface area contributed by atoms with Crippen LogP contribution < -0.4 is 0 Å². The molecule has 0 aromatic heterocycles. The molecule has 0 amide bonds. The Labute approximate surface area is 87.1 Å². The zero-order valence-electron chi connectivity index (χ0n) is 9.52. The van der Waals surface area contributed by atoms with E-state index in [9.17, 15) is 0 Å². The molecule has 2 atom stereocenters. The maximum absolute atomic E-state index is 2.88. The summed E-state index contributed by atoms with van der Waals surface area (Å²) >= 11 is 0. The SMILES string of the molecule is CCCCCCCCC(CC)CP. The Balaban J connectivity index is 3.05. The molecule has 0 aliphatic heterocycles. The Kier molecular flexibility index (Phi) is 10.9. The van der Waals surface area contributed by atoms with E-state index < -0.39 is 0 Å². The lowest BCUT2D eigenvalue weighted by Gasteiger charge is -2.10. The van der Waals surface area contributed by atoms with Crippen molar-refractivity contribution in [2.45, 2.75) is 65.2 Å². The lowest BCUT2D eigenvalue weighted by molar-refractivity contribution is 0.478. The quantitative estimate of drug-likeness (QED) is 0.377. The summed E-state index contributed by atoms with van der Waals surface area (Å²) in [6.45, 7) is 4.59. The van der Waals surface area contributed by atoms with E-state index in [1.165, 1.54) is 57.5 Å². The minimum atomic E-state index is 0.969. The second-order valence-electron chi connectivity index (χ2n) is 4.07. The van der Waals surface area contributed by atoms with Gasteiger partial charge in [0, 0.05) is 0 Å². The molecule has 0 aliphatic carbocycles. The molecule has 0 fully saturated rings. The minimum absolute atomic E-state index is 0.969. The first kappa shape index (κ1) is 13.4. The fourth-order valence-electron chi connectivity index (χ4n) is 1.70. The Hall–Kier alpha value is 0.430. The smallest absolute Gasteiger partial charge is 0.0353 e. The van der Waals surface area contributed by atoms with Crippen LogP contribution in [0.5, 0.6) is 0 Å². The highest BCUT2D eigenvalue weighted by Gasteiger charge is 2.01. The molecule has 1 heteroatoms. The van der Waals surface area contributed by atoms with Crippen LogP contribution in [0.1, 0.15) is 65.2 Å². The van der Waals surface area contributed by atoms with Gasteiger partial charge in [-0.3, -0.25) is 0 Å². The second kappa shape index (κ2) is 10.5. The first-order valence-electron chi connectivity index (χ1n) is 6.05. The maximum Gasteiger partial charge on any atom is -0.0353 e. The van der Waals surface area contributed by atoms with E-state index in [-0.39, 0.29) is 0 Å². The fourth-order valence-corrected chi connectivity index (χ4v) is 2.27. The summed E-state index contributed by atoms with van der Waals surface area (Å²) in [5, 5.41) is 0. The van der Waals surface area contributed by atoms with Crippen LogP contribution in [0.25, 0.3) is 0 Å². The van der Waals surface area contributed by atoms with Gasteiger partial charge in [0.05, 0.1) is 0 Å². The third kappa shape index (κ3) is 8.75. The Morgan fingerprint density at radius 1 is 0.923 bits per heavy atom. The molecule has 0 nitrogen and oxygen atoms in total. The van der Waals surface area contributed by atoms with Crippen molar-refractivity contribution in [1.82, 2.24) is 0 Å². The Morgan fingerprint density at radius 3 is 2.08 bits per heavy atom. The van der Waals surface area contributed by atoms with Gasteiger partial charge in [-0.05, 0) is 12.1 Å². The van der Waals surface area contributed by atoms with Crippen molar-refractivity contribution in [2.24, 2.45) is 5.92 Å². The van der Waals surface area contributed by atoms with Gasteiger partial charge < -0.3 is 0 Å². The monoisotopic (exact) mass is 202 g/mol. The predicted octanol–water partition coefficient (Wildman–Crippen LogP) is 4.64. The number of hydrogen-bond acceptors (Lipinski definition) is 0. The summed E-state index contributed by atoms with van der Waals surface area (Å²) in [6, 6.07) is 0. The van der Waals surface area contributed by atoms with Gasteiger partial charge in [0.25, 0.3) is 0 Å². The van der Waals surface area contributed by atoms with Crippen LogP contribution in [0.4, 0.5) is 0 Å². The molecule has 0 aromatic rings. The first-order valence-corrected chi connectivity index (χ1v) is 6.86. The molecule has 0 saturated heterocycles. The molecule has 0 aromatic carbocycles. The van der Waals surface area contributed by atoms with Crippen molar-refractivity contribution >= 4 is 9.24 Å². The molecular weight excluding hydrogens is 175 g/mol. The van der Waals surface area contributed by atoms with E-state index in [1.54, 1.807) is 0 Å². The van der Waals surface area contributed by atoms with Crippen molar-refractivity contribution in [3.05, 3.63) is 0 Å². The third-order valence-electron chi connectivity index (χ3n) is 2.88. The van der Waals surface area contributed by atoms with Gasteiger partial charge in [0.2, 0.25) is 0 Å². The zero-order valence-corrected chi connectivity index (χ0v) is 10.7. The molecule has 0 saturated carbocycles. The van der Waals surface area contributed by atoms with Gasteiger partial charge in [0.15, 0.2) is 0 Å². The standard InChI is InChI=1S/C12H27P/c1-3-5-6-7-8-9-10-12(4-2)11-13/h12H,3-11,13H2,1-2H3. The summed E-state index contributed by atoms with van der Waals surface area (Å²) in [4.78, 5) is 0. The Morgan fingerprint density at radius 2 is 1.54 bits per heavy atom. The van der Waals surface area contributed by atoms with Gasteiger partial charge in [-0.15, -0.1) is 9.24 Å². The van der Waals surface area contributed by atoms with Gasteiger partial charge >= 0.3 is 0 Å². The van der Waals surface area contributed by atoms with E-state index in [0.29, 0.717) is 0 Å². The molecule has 0 rings (SSSR count).